The molecule has 2 fully saturated rings. The molecular formula is C20H24N4O3. The van der Waals surface area contributed by atoms with E-state index in [1.807, 2.05) is 24.0 Å². The highest BCUT2D eigenvalue weighted by atomic mass is 16.2. The fraction of sp³-hybridized carbons (Fsp3) is 0.500. The summed E-state index contributed by atoms with van der Waals surface area (Å²) in [7, 11) is 0. The third kappa shape index (κ3) is 3.27. The molecule has 7 nitrogen and oxygen atoms in total. The molecule has 0 bridgehead atoms. The van der Waals surface area contributed by atoms with Crippen LogP contribution in [-0.2, 0) is 16.1 Å². The molecule has 1 N–H and O–H groups in total. The number of hydrogen-bond donors (Lipinski definition) is 1. The molecule has 2 atom stereocenters. The molecule has 4 rings (SSSR count). The van der Waals surface area contributed by atoms with E-state index < -0.39 is 0 Å². The quantitative estimate of drug-likeness (QED) is 0.815. The van der Waals surface area contributed by atoms with E-state index in [0.29, 0.717) is 29.8 Å². The number of H-pyrrole nitrogens is 1. The van der Waals surface area contributed by atoms with E-state index in [4.69, 9.17) is 0 Å². The maximum atomic E-state index is 12.7. The molecule has 0 radical (unpaired) electrons. The molecule has 2 amide bonds. The van der Waals surface area contributed by atoms with Crippen molar-refractivity contribution in [2.75, 3.05) is 13.2 Å². The molecule has 142 valence electrons. The molecule has 2 aliphatic rings. The maximum absolute atomic E-state index is 12.7. The van der Waals surface area contributed by atoms with Crippen LogP contribution in [0, 0.1) is 11.8 Å². The minimum absolute atomic E-state index is 0.0388. The van der Waals surface area contributed by atoms with E-state index in [2.05, 4.69) is 9.97 Å². The third-order valence-electron chi connectivity index (χ3n) is 5.76. The van der Waals surface area contributed by atoms with Crippen molar-refractivity contribution in [3.63, 3.8) is 0 Å². The fourth-order valence-electron chi connectivity index (χ4n) is 4.25. The van der Waals surface area contributed by atoms with E-state index in [1.165, 1.54) is 4.90 Å². The van der Waals surface area contributed by atoms with Gasteiger partial charge in [-0.25, -0.2) is 4.98 Å². The zero-order chi connectivity index (χ0) is 19.0. The van der Waals surface area contributed by atoms with Crippen LogP contribution in [0.25, 0.3) is 10.9 Å². The second-order valence-corrected chi connectivity index (χ2v) is 7.42. The van der Waals surface area contributed by atoms with Gasteiger partial charge in [0.2, 0.25) is 11.8 Å². The number of aromatic nitrogens is 2. The number of aromatic amines is 1. The minimum atomic E-state index is -0.175. The lowest BCUT2D eigenvalue weighted by molar-refractivity contribution is -0.142. The Labute approximate surface area is 157 Å². The van der Waals surface area contributed by atoms with E-state index in [-0.39, 0.29) is 35.9 Å². The largest absolute Gasteiger partial charge is 0.309 e. The molecule has 1 saturated carbocycles. The Kier molecular flexibility index (Phi) is 4.78. The van der Waals surface area contributed by atoms with Crippen LogP contribution < -0.4 is 5.56 Å². The molecule has 0 unspecified atom stereocenters. The zero-order valence-corrected chi connectivity index (χ0v) is 15.5. The highest BCUT2D eigenvalue weighted by Crippen LogP contribution is 2.38. The van der Waals surface area contributed by atoms with Gasteiger partial charge in [0.25, 0.3) is 5.56 Å². The molecule has 1 aromatic heterocycles. The van der Waals surface area contributed by atoms with Crippen LogP contribution in [0.5, 0.6) is 0 Å². The van der Waals surface area contributed by atoms with Gasteiger partial charge in [-0.1, -0.05) is 31.9 Å². The van der Waals surface area contributed by atoms with Gasteiger partial charge in [0.1, 0.15) is 5.82 Å². The third-order valence-corrected chi connectivity index (χ3v) is 5.76. The summed E-state index contributed by atoms with van der Waals surface area (Å²) < 4.78 is 0. The molecule has 2 heterocycles. The number of benzene rings is 1. The summed E-state index contributed by atoms with van der Waals surface area (Å²) in [6, 6.07) is 7.20. The normalized spacial score (nSPS) is 22.7. The molecular weight excluding hydrogens is 344 g/mol. The predicted octanol–water partition coefficient (Wildman–Crippen LogP) is 1.88. The number of fused-ring (bicyclic) bond motifs is 2. The predicted molar refractivity (Wildman–Crippen MR) is 101 cm³/mol. The number of likely N-dealkylation sites (tertiary alicyclic amines) is 1. The first-order valence-electron chi connectivity index (χ1n) is 9.64. The monoisotopic (exact) mass is 368 g/mol. The molecule has 1 aromatic carbocycles. The Bertz CT molecular complexity index is 914. The topological polar surface area (TPSA) is 86.4 Å². The average Bonchev–Trinajstić information content (AvgIpc) is 2.92. The lowest BCUT2D eigenvalue weighted by Crippen LogP contribution is -2.42. The number of amides is 2. The number of imide groups is 1. The van der Waals surface area contributed by atoms with Gasteiger partial charge in [0, 0.05) is 0 Å². The van der Waals surface area contributed by atoms with Crippen molar-refractivity contribution in [1.82, 2.24) is 19.8 Å². The van der Waals surface area contributed by atoms with Gasteiger partial charge in [-0.3, -0.25) is 24.2 Å². The molecule has 27 heavy (non-hydrogen) atoms. The van der Waals surface area contributed by atoms with Gasteiger partial charge in [-0.2, -0.15) is 0 Å². The van der Waals surface area contributed by atoms with Crippen LogP contribution in [0.15, 0.2) is 29.1 Å². The number of carbonyl (C=O) groups is 2. The summed E-state index contributed by atoms with van der Waals surface area (Å²) in [5, 5.41) is 0.554. The second kappa shape index (κ2) is 7.23. The Morgan fingerprint density at radius 2 is 1.78 bits per heavy atom. The molecule has 1 aliphatic carbocycles. The first-order chi connectivity index (χ1) is 13.1. The van der Waals surface area contributed by atoms with Crippen LogP contribution in [0.2, 0.25) is 0 Å². The van der Waals surface area contributed by atoms with E-state index >= 15 is 0 Å². The van der Waals surface area contributed by atoms with Crippen LogP contribution in [0.4, 0.5) is 0 Å². The summed E-state index contributed by atoms with van der Waals surface area (Å²) in [4.78, 5) is 48.3. The SMILES string of the molecule is CCN(Cc1nc2ccccc2c(=O)[nH]1)CN1C(=O)[C@H]2CCCC[C@@H]2C1=O. The van der Waals surface area contributed by atoms with Crippen LogP contribution in [0.3, 0.4) is 0 Å². The number of para-hydroxylation sites is 1. The van der Waals surface area contributed by atoms with E-state index in [1.54, 1.807) is 12.1 Å². The van der Waals surface area contributed by atoms with E-state index in [9.17, 15) is 14.4 Å². The highest BCUT2D eigenvalue weighted by molar-refractivity contribution is 6.05. The van der Waals surface area contributed by atoms with Crippen molar-refractivity contribution in [3.8, 4) is 0 Å². The van der Waals surface area contributed by atoms with Crippen molar-refractivity contribution in [3.05, 3.63) is 40.4 Å². The summed E-state index contributed by atoms with van der Waals surface area (Å²) in [5.41, 5.74) is 0.470. The Morgan fingerprint density at radius 3 is 2.44 bits per heavy atom. The van der Waals surface area contributed by atoms with Crippen molar-refractivity contribution < 1.29 is 9.59 Å². The Morgan fingerprint density at radius 1 is 1.11 bits per heavy atom. The molecule has 1 aliphatic heterocycles. The Balaban J connectivity index is 1.52. The van der Waals surface area contributed by atoms with Gasteiger partial charge in [0.05, 0.1) is 36.0 Å². The highest BCUT2D eigenvalue weighted by Gasteiger charge is 2.48. The standard InChI is InChI=1S/C20H24N4O3/c1-2-23(11-17-21-16-10-6-5-9-15(16)18(25)22-17)12-24-19(26)13-7-3-4-8-14(13)20(24)27/h5-6,9-10,13-14H,2-4,7-8,11-12H2,1H3,(H,21,22,25)/t13-,14-/m0/s1. The zero-order valence-electron chi connectivity index (χ0n) is 15.5. The number of rotatable bonds is 5. The van der Waals surface area contributed by atoms with Gasteiger partial charge in [-0.05, 0) is 31.5 Å². The van der Waals surface area contributed by atoms with Crippen LogP contribution in [0.1, 0.15) is 38.4 Å². The first-order valence-corrected chi connectivity index (χ1v) is 9.64. The van der Waals surface area contributed by atoms with Gasteiger partial charge < -0.3 is 4.98 Å². The van der Waals surface area contributed by atoms with Crippen molar-refractivity contribution >= 4 is 22.7 Å². The molecule has 2 aromatic rings. The molecule has 1 saturated heterocycles. The summed E-state index contributed by atoms with van der Waals surface area (Å²) >= 11 is 0. The van der Waals surface area contributed by atoms with Crippen LogP contribution >= 0.6 is 0 Å². The minimum Gasteiger partial charge on any atom is -0.309 e. The number of hydrogen-bond acceptors (Lipinski definition) is 5. The fourth-order valence-corrected chi connectivity index (χ4v) is 4.25. The summed E-state index contributed by atoms with van der Waals surface area (Å²) in [6.07, 6.45) is 3.68. The number of nitrogens with zero attached hydrogens (tertiary/aromatic N) is 3. The summed E-state index contributed by atoms with van der Waals surface area (Å²) in [5.74, 6) is 0.190. The molecule has 0 spiro atoms. The second-order valence-electron chi connectivity index (χ2n) is 7.42. The summed E-state index contributed by atoms with van der Waals surface area (Å²) in [6.45, 7) is 3.24. The van der Waals surface area contributed by atoms with Gasteiger partial charge in [-0.15, -0.1) is 0 Å². The average molecular weight is 368 g/mol. The van der Waals surface area contributed by atoms with Crippen molar-refractivity contribution in [2.45, 2.75) is 39.2 Å². The number of carbonyl (C=O) groups excluding carboxylic acids is 2. The lowest BCUT2D eigenvalue weighted by atomic mass is 9.81. The first kappa shape index (κ1) is 17.9. The van der Waals surface area contributed by atoms with Crippen LogP contribution in [-0.4, -0.2) is 44.8 Å². The smallest absolute Gasteiger partial charge is 0.258 e. The van der Waals surface area contributed by atoms with Gasteiger partial charge >= 0.3 is 0 Å². The maximum Gasteiger partial charge on any atom is 0.258 e. The molecule has 7 heteroatoms. The van der Waals surface area contributed by atoms with Crippen molar-refractivity contribution in [1.29, 1.82) is 0 Å². The Hall–Kier alpha value is -2.54. The van der Waals surface area contributed by atoms with Crippen molar-refractivity contribution in [2.24, 2.45) is 11.8 Å². The van der Waals surface area contributed by atoms with Gasteiger partial charge in [0.15, 0.2) is 0 Å². The number of nitrogens with one attached hydrogen (secondary N) is 1. The lowest BCUT2D eigenvalue weighted by Gasteiger charge is -2.25. The van der Waals surface area contributed by atoms with E-state index in [0.717, 1.165) is 25.7 Å².